The monoisotopic (exact) mass is 306 g/mol. The number of aliphatic hydroxyl groups excluding tert-OH is 1. The molecule has 0 saturated carbocycles. The number of rotatable bonds is 9. The van der Waals surface area contributed by atoms with Crippen molar-refractivity contribution in [2.75, 3.05) is 6.54 Å². The summed E-state index contributed by atoms with van der Waals surface area (Å²) in [6, 6.07) is 7.28. The van der Waals surface area contributed by atoms with Crippen LogP contribution >= 0.6 is 0 Å². The fraction of sp³-hybridized carbons (Fsp3) is 0.375. The lowest BCUT2D eigenvalue weighted by Crippen LogP contribution is -2.22. The van der Waals surface area contributed by atoms with Gasteiger partial charge in [-0.05, 0) is 30.0 Å². The summed E-state index contributed by atoms with van der Waals surface area (Å²) in [6.45, 7) is 0.553. The van der Waals surface area contributed by atoms with Crippen LogP contribution in [0.3, 0.4) is 0 Å². The van der Waals surface area contributed by atoms with Crippen molar-refractivity contribution in [3.8, 4) is 0 Å². The maximum absolute atomic E-state index is 11.6. The van der Waals surface area contributed by atoms with Crippen LogP contribution in [0.4, 0.5) is 0 Å². The predicted molar refractivity (Wildman–Crippen MR) is 82.8 cm³/mol. The van der Waals surface area contributed by atoms with Crippen molar-refractivity contribution in [3.05, 3.63) is 41.5 Å². The zero-order valence-corrected chi connectivity index (χ0v) is 12.4. The van der Waals surface area contributed by atoms with E-state index in [1.54, 1.807) is 23.7 Å². The minimum absolute atomic E-state index is 0.00441. The molecule has 0 aliphatic heterocycles. The fourth-order valence-electron chi connectivity index (χ4n) is 1.82. The topological polar surface area (TPSA) is 98.7 Å². The number of amides is 2. The number of hydroxylamine groups is 1. The van der Waals surface area contributed by atoms with Crippen LogP contribution in [0.5, 0.6) is 0 Å². The quantitative estimate of drug-likeness (QED) is 0.240. The van der Waals surface area contributed by atoms with Crippen LogP contribution in [0.15, 0.2) is 30.3 Å². The molecule has 0 spiro atoms. The number of hydrogen-bond acceptors (Lipinski definition) is 4. The Balaban J connectivity index is 2.17. The summed E-state index contributed by atoms with van der Waals surface area (Å²) in [5.74, 6) is -0.557. The second-order valence-corrected chi connectivity index (χ2v) is 4.87. The first-order valence-corrected chi connectivity index (χ1v) is 7.24. The molecule has 0 fully saturated rings. The van der Waals surface area contributed by atoms with Crippen molar-refractivity contribution in [2.24, 2.45) is 0 Å². The Bertz CT molecular complexity index is 497. The molecule has 0 saturated heterocycles. The molecule has 0 aliphatic rings. The van der Waals surface area contributed by atoms with Crippen LogP contribution in [-0.2, 0) is 16.2 Å². The van der Waals surface area contributed by atoms with Gasteiger partial charge >= 0.3 is 0 Å². The van der Waals surface area contributed by atoms with Crippen molar-refractivity contribution in [3.63, 3.8) is 0 Å². The lowest BCUT2D eigenvalue weighted by molar-refractivity contribution is -0.129. The van der Waals surface area contributed by atoms with Gasteiger partial charge in [-0.25, -0.2) is 5.48 Å². The van der Waals surface area contributed by atoms with Crippen LogP contribution in [-0.4, -0.2) is 28.7 Å². The lowest BCUT2D eigenvalue weighted by Gasteiger charge is -2.02. The van der Waals surface area contributed by atoms with Crippen molar-refractivity contribution in [1.29, 1.82) is 0 Å². The molecular formula is C16H22N2O4. The Morgan fingerprint density at radius 2 is 1.82 bits per heavy atom. The van der Waals surface area contributed by atoms with E-state index in [0.29, 0.717) is 13.0 Å². The van der Waals surface area contributed by atoms with E-state index < -0.39 is 0 Å². The second kappa shape index (κ2) is 10.5. The number of nitrogens with one attached hydrogen (secondary N) is 2. The maximum Gasteiger partial charge on any atom is 0.243 e. The highest BCUT2D eigenvalue weighted by atomic mass is 16.5. The van der Waals surface area contributed by atoms with Gasteiger partial charge in [0.05, 0.1) is 6.61 Å². The molecule has 0 bridgehead atoms. The third kappa shape index (κ3) is 7.56. The molecule has 0 radical (unpaired) electrons. The minimum atomic E-state index is -0.390. The number of carbonyl (C=O) groups is 2. The number of carbonyl (C=O) groups excluding carboxylic acids is 2. The van der Waals surface area contributed by atoms with Gasteiger partial charge in [-0.1, -0.05) is 30.7 Å². The summed E-state index contributed by atoms with van der Waals surface area (Å²) < 4.78 is 0. The largest absolute Gasteiger partial charge is 0.392 e. The van der Waals surface area contributed by atoms with E-state index in [2.05, 4.69) is 5.32 Å². The molecule has 22 heavy (non-hydrogen) atoms. The average molecular weight is 306 g/mol. The van der Waals surface area contributed by atoms with Gasteiger partial charge in [0, 0.05) is 19.0 Å². The van der Waals surface area contributed by atoms with Crippen molar-refractivity contribution in [1.82, 2.24) is 10.8 Å². The van der Waals surface area contributed by atoms with E-state index in [1.165, 1.54) is 6.08 Å². The van der Waals surface area contributed by atoms with Crippen molar-refractivity contribution < 1.29 is 19.9 Å². The van der Waals surface area contributed by atoms with Crippen LogP contribution in [0.25, 0.3) is 6.08 Å². The molecule has 6 heteroatoms. The maximum atomic E-state index is 11.6. The molecule has 1 rings (SSSR count). The zero-order chi connectivity index (χ0) is 16.2. The summed E-state index contributed by atoms with van der Waals surface area (Å²) in [7, 11) is 0. The molecule has 0 aliphatic carbocycles. The van der Waals surface area contributed by atoms with Crippen molar-refractivity contribution in [2.45, 2.75) is 32.3 Å². The molecule has 4 N–H and O–H groups in total. The third-order valence-electron chi connectivity index (χ3n) is 3.09. The van der Waals surface area contributed by atoms with E-state index >= 15 is 0 Å². The van der Waals surface area contributed by atoms with Gasteiger partial charge in [0.1, 0.15) is 0 Å². The minimum Gasteiger partial charge on any atom is -0.392 e. The molecule has 120 valence electrons. The Labute approximate surface area is 129 Å². The van der Waals surface area contributed by atoms with Gasteiger partial charge in [-0.15, -0.1) is 0 Å². The van der Waals surface area contributed by atoms with Crippen molar-refractivity contribution >= 4 is 17.9 Å². The molecule has 0 atom stereocenters. The highest BCUT2D eigenvalue weighted by Crippen LogP contribution is 2.06. The molecule has 0 aromatic heterocycles. The Kier molecular flexibility index (Phi) is 8.56. The predicted octanol–water partition coefficient (Wildman–Crippen LogP) is 1.37. The summed E-state index contributed by atoms with van der Waals surface area (Å²) in [5, 5.41) is 20.0. The van der Waals surface area contributed by atoms with Crippen LogP contribution in [0, 0.1) is 0 Å². The summed E-state index contributed by atoms with van der Waals surface area (Å²) in [5.41, 5.74) is 3.30. The van der Waals surface area contributed by atoms with E-state index in [1.807, 2.05) is 12.1 Å². The standard InChI is InChI=1S/C16H22N2O4/c19-12-14-7-5-13(6-8-14)9-10-15(20)17-11-3-1-2-4-16(21)18-22/h5-10,19,22H,1-4,11-12H2,(H,17,20)(H,18,21)/b10-9+. The van der Waals surface area contributed by atoms with Crippen LogP contribution in [0.1, 0.15) is 36.8 Å². The van der Waals surface area contributed by atoms with Crippen LogP contribution < -0.4 is 10.8 Å². The summed E-state index contributed by atoms with van der Waals surface area (Å²) in [4.78, 5) is 22.4. The molecule has 0 heterocycles. The first-order chi connectivity index (χ1) is 10.7. The number of aliphatic hydroxyl groups is 1. The van der Waals surface area contributed by atoms with Gasteiger partial charge in [-0.2, -0.15) is 0 Å². The molecule has 1 aromatic carbocycles. The average Bonchev–Trinajstić information content (AvgIpc) is 2.56. The zero-order valence-electron chi connectivity index (χ0n) is 12.4. The van der Waals surface area contributed by atoms with Gasteiger partial charge in [-0.3, -0.25) is 14.8 Å². The van der Waals surface area contributed by atoms with E-state index in [4.69, 9.17) is 10.3 Å². The number of benzene rings is 1. The first kappa shape index (κ1) is 17.9. The number of unbranched alkanes of at least 4 members (excludes halogenated alkanes) is 2. The third-order valence-corrected chi connectivity index (χ3v) is 3.09. The Hall–Kier alpha value is -2.18. The van der Waals surface area contributed by atoms with E-state index in [9.17, 15) is 9.59 Å². The lowest BCUT2D eigenvalue weighted by atomic mass is 10.1. The van der Waals surface area contributed by atoms with Crippen LogP contribution in [0.2, 0.25) is 0 Å². The summed E-state index contributed by atoms with van der Waals surface area (Å²) in [6.07, 6.45) is 5.72. The molecule has 6 nitrogen and oxygen atoms in total. The second-order valence-electron chi connectivity index (χ2n) is 4.87. The molecule has 1 aromatic rings. The summed E-state index contributed by atoms with van der Waals surface area (Å²) >= 11 is 0. The highest BCUT2D eigenvalue weighted by molar-refractivity contribution is 5.91. The van der Waals surface area contributed by atoms with E-state index in [0.717, 1.165) is 24.0 Å². The smallest absolute Gasteiger partial charge is 0.243 e. The van der Waals surface area contributed by atoms with Gasteiger partial charge < -0.3 is 10.4 Å². The highest BCUT2D eigenvalue weighted by Gasteiger charge is 1.99. The molecule has 2 amide bonds. The molecular weight excluding hydrogens is 284 g/mol. The van der Waals surface area contributed by atoms with Gasteiger partial charge in [0.15, 0.2) is 0 Å². The fourth-order valence-corrected chi connectivity index (χ4v) is 1.82. The normalized spacial score (nSPS) is 10.6. The van der Waals surface area contributed by atoms with E-state index in [-0.39, 0.29) is 24.8 Å². The van der Waals surface area contributed by atoms with Gasteiger partial charge in [0.2, 0.25) is 11.8 Å². The first-order valence-electron chi connectivity index (χ1n) is 7.24. The number of hydrogen-bond donors (Lipinski definition) is 4. The Morgan fingerprint density at radius 3 is 2.45 bits per heavy atom. The SMILES string of the molecule is O=C(/C=C/c1ccc(CO)cc1)NCCCCCC(=O)NO. The Morgan fingerprint density at radius 1 is 1.09 bits per heavy atom. The molecule has 0 unspecified atom stereocenters. The van der Waals surface area contributed by atoms with Gasteiger partial charge in [0.25, 0.3) is 0 Å².